The summed E-state index contributed by atoms with van der Waals surface area (Å²) in [6.45, 7) is 5.27. The van der Waals surface area contributed by atoms with Crippen LogP contribution in [-0.4, -0.2) is 69.3 Å². The van der Waals surface area contributed by atoms with Crippen molar-refractivity contribution in [1.82, 2.24) is 30.1 Å². The van der Waals surface area contributed by atoms with E-state index in [4.69, 9.17) is 9.26 Å². The summed E-state index contributed by atoms with van der Waals surface area (Å²) in [5, 5.41) is 12.2. The van der Waals surface area contributed by atoms with E-state index >= 15 is 0 Å². The lowest BCUT2D eigenvalue weighted by Crippen LogP contribution is -2.48. The van der Waals surface area contributed by atoms with Crippen LogP contribution in [0.15, 0.2) is 47.0 Å². The van der Waals surface area contributed by atoms with Crippen molar-refractivity contribution in [2.45, 2.75) is 13.5 Å². The fraction of sp³-hybridized carbons (Fsp3) is 0.304. The predicted molar refractivity (Wildman–Crippen MR) is 118 cm³/mol. The molecular formula is C23H24N6O3. The number of amides is 1. The first-order valence-corrected chi connectivity index (χ1v) is 10.5. The number of nitrogens with one attached hydrogen (secondary N) is 1. The van der Waals surface area contributed by atoms with Crippen molar-refractivity contribution in [2.75, 3.05) is 33.3 Å². The Kier molecular flexibility index (Phi) is 5.32. The summed E-state index contributed by atoms with van der Waals surface area (Å²) >= 11 is 0. The van der Waals surface area contributed by atoms with Gasteiger partial charge in [0, 0.05) is 37.1 Å². The van der Waals surface area contributed by atoms with Gasteiger partial charge in [-0.05, 0) is 43.3 Å². The molecule has 164 valence electrons. The van der Waals surface area contributed by atoms with Gasteiger partial charge in [0.05, 0.1) is 19.2 Å². The molecule has 4 aromatic rings. The molecule has 1 N–H and O–H groups in total. The Labute approximate surface area is 185 Å². The van der Waals surface area contributed by atoms with Crippen LogP contribution in [0.2, 0.25) is 0 Å². The molecular weight excluding hydrogens is 408 g/mol. The molecule has 2 aromatic carbocycles. The zero-order valence-electron chi connectivity index (χ0n) is 18.0. The Hall–Kier alpha value is -3.72. The molecule has 5 rings (SSSR count). The second-order valence-corrected chi connectivity index (χ2v) is 7.93. The zero-order valence-corrected chi connectivity index (χ0v) is 18.0. The number of nitrogens with zero attached hydrogens (tertiary/aromatic N) is 5. The fourth-order valence-corrected chi connectivity index (χ4v) is 3.92. The van der Waals surface area contributed by atoms with Crippen molar-refractivity contribution in [3.05, 3.63) is 59.6 Å². The first-order chi connectivity index (χ1) is 15.6. The molecule has 0 spiro atoms. The average molecular weight is 432 g/mol. The van der Waals surface area contributed by atoms with Gasteiger partial charge < -0.3 is 14.2 Å². The van der Waals surface area contributed by atoms with Crippen LogP contribution in [0.25, 0.3) is 22.3 Å². The van der Waals surface area contributed by atoms with Gasteiger partial charge in [-0.25, -0.2) is 0 Å². The number of piperazine rings is 1. The molecule has 0 bridgehead atoms. The number of carbonyl (C=O) groups excluding carboxylic acids is 1. The number of hydrogen-bond acceptors (Lipinski definition) is 7. The molecule has 0 radical (unpaired) electrons. The summed E-state index contributed by atoms with van der Waals surface area (Å²) < 4.78 is 10.6. The molecule has 32 heavy (non-hydrogen) atoms. The molecule has 1 aliphatic heterocycles. The van der Waals surface area contributed by atoms with E-state index in [1.54, 1.807) is 7.11 Å². The number of ether oxygens (including phenoxy) is 1. The van der Waals surface area contributed by atoms with Crippen LogP contribution in [0.5, 0.6) is 5.75 Å². The third-order valence-electron chi connectivity index (χ3n) is 5.76. The van der Waals surface area contributed by atoms with E-state index in [0.29, 0.717) is 37.0 Å². The molecule has 1 amide bonds. The van der Waals surface area contributed by atoms with E-state index in [1.165, 1.54) is 0 Å². The first kappa shape index (κ1) is 20.2. The van der Waals surface area contributed by atoms with Crippen LogP contribution in [0.1, 0.15) is 21.9 Å². The highest BCUT2D eigenvalue weighted by atomic mass is 16.5. The van der Waals surface area contributed by atoms with Crippen LogP contribution in [0.4, 0.5) is 0 Å². The Morgan fingerprint density at radius 1 is 1.12 bits per heavy atom. The Morgan fingerprint density at radius 2 is 1.91 bits per heavy atom. The summed E-state index contributed by atoms with van der Waals surface area (Å²) in [7, 11) is 1.63. The maximum atomic E-state index is 13.0. The standard InChI is InChI=1S/C23H24N6O3/c1-15-3-8-19-18(13-15)21(26-25-19)23(30)29-11-9-28(10-12-29)14-20-24-22(27-32-20)16-4-6-17(31-2)7-5-16/h3-8,13H,9-12,14H2,1-2H3,(H,25,26). The summed E-state index contributed by atoms with van der Waals surface area (Å²) in [6.07, 6.45) is 0. The van der Waals surface area contributed by atoms with Crippen molar-refractivity contribution in [3.63, 3.8) is 0 Å². The van der Waals surface area contributed by atoms with Gasteiger partial charge in [-0.15, -0.1) is 0 Å². The molecule has 0 atom stereocenters. The van der Waals surface area contributed by atoms with Gasteiger partial charge in [-0.2, -0.15) is 10.1 Å². The third-order valence-corrected chi connectivity index (χ3v) is 5.76. The summed E-state index contributed by atoms with van der Waals surface area (Å²) in [5.74, 6) is 1.85. The van der Waals surface area contributed by atoms with E-state index in [1.807, 2.05) is 54.3 Å². The SMILES string of the molecule is COc1ccc(-c2noc(CN3CCN(C(=O)c4n[nH]c5ccc(C)cc45)CC3)n2)cc1. The van der Waals surface area contributed by atoms with Gasteiger partial charge in [0.2, 0.25) is 11.7 Å². The lowest BCUT2D eigenvalue weighted by atomic mass is 10.1. The van der Waals surface area contributed by atoms with Gasteiger partial charge in [0.15, 0.2) is 5.69 Å². The number of H-pyrrole nitrogens is 1. The zero-order chi connectivity index (χ0) is 22.1. The molecule has 0 aliphatic carbocycles. The van der Waals surface area contributed by atoms with E-state index in [0.717, 1.165) is 40.9 Å². The molecule has 9 heteroatoms. The van der Waals surface area contributed by atoms with Crippen LogP contribution in [0, 0.1) is 6.92 Å². The van der Waals surface area contributed by atoms with Crippen LogP contribution in [0.3, 0.4) is 0 Å². The minimum Gasteiger partial charge on any atom is -0.497 e. The fourth-order valence-electron chi connectivity index (χ4n) is 3.92. The lowest BCUT2D eigenvalue weighted by molar-refractivity contribution is 0.0611. The monoisotopic (exact) mass is 432 g/mol. The van der Waals surface area contributed by atoms with Crippen LogP contribution < -0.4 is 4.74 Å². The van der Waals surface area contributed by atoms with Gasteiger partial charge in [0.25, 0.3) is 5.91 Å². The maximum Gasteiger partial charge on any atom is 0.275 e. The number of rotatable bonds is 5. The summed E-state index contributed by atoms with van der Waals surface area (Å²) in [4.78, 5) is 21.6. The van der Waals surface area contributed by atoms with Gasteiger partial charge in [-0.1, -0.05) is 16.8 Å². The Balaban J connectivity index is 1.20. The number of aryl methyl sites for hydroxylation is 1. The number of fused-ring (bicyclic) bond motifs is 1. The van der Waals surface area contributed by atoms with Gasteiger partial charge in [-0.3, -0.25) is 14.8 Å². The molecule has 3 heterocycles. The molecule has 1 saturated heterocycles. The molecule has 1 aliphatic rings. The number of aromatic nitrogens is 4. The minimum absolute atomic E-state index is 0.0407. The van der Waals surface area contributed by atoms with E-state index in [9.17, 15) is 4.79 Å². The largest absolute Gasteiger partial charge is 0.497 e. The van der Waals surface area contributed by atoms with Gasteiger partial charge in [0.1, 0.15) is 5.75 Å². The number of aromatic amines is 1. The number of carbonyl (C=O) groups is 1. The van der Waals surface area contributed by atoms with Crippen molar-refractivity contribution < 1.29 is 14.1 Å². The average Bonchev–Trinajstić information content (AvgIpc) is 3.46. The van der Waals surface area contributed by atoms with Crippen molar-refractivity contribution in [3.8, 4) is 17.1 Å². The van der Waals surface area contributed by atoms with E-state index in [2.05, 4.69) is 25.2 Å². The summed E-state index contributed by atoms with van der Waals surface area (Å²) in [6, 6.07) is 13.5. The molecule has 9 nitrogen and oxygen atoms in total. The maximum absolute atomic E-state index is 13.0. The molecule has 0 unspecified atom stereocenters. The lowest BCUT2D eigenvalue weighted by Gasteiger charge is -2.33. The predicted octanol–water partition coefficient (Wildman–Crippen LogP) is 2.89. The van der Waals surface area contributed by atoms with Crippen LogP contribution in [-0.2, 0) is 6.54 Å². The topological polar surface area (TPSA) is 100 Å². The number of methoxy groups -OCH3 is 1. The van der Waals surface area contributed by atoms with Crippen molar-refractivity contribution in [2.24, 2.45) is 0 Å². The minimum atomic E-state index is -0.0407. The Morgan fingerprint density at radius 3 is 2.66 bits per heavy atom. The normalized spacial score (nSPS) is 14.8. The molecule has 0 saturated carbocycles. The Bertz CT molecular complexity index is 1240. The van der Waals surface area contributed by atoms with E-state index < -0.39 is 0 Å². The van der Waals surface area contributed by atoms with Gasteiger partial charge >= 0.3 is 0 Å². The van der Waals surface area contributed by atoms with E-state index in [-0.39, 0.29) is 5.91 Å². The van der Waals surface area contributed by atoms with Crippen molar-refractivity contribution in [1.29, 1.82) is 0 Å². The van der Waals surface area contributed by atoms with Crippen LogP contribution >= 0.6 is 0 Å². The quantitative estimate of drug-likeness (QED) is 0.517. The molecule has 2 aromatic heterocycles. The highest BCUT2D eigenvalue weighted by molar-refractivity contribution is 6.04. The second kappa shape index (κ2) is 8.43. The number of benzene rings is 2. The first-order valence-electron chi connectivity index (χ1n) is 10.5. The third kappa shape index (κ3) is 3.94. The highest BCUT2D eigenvalue weighted by Crippen LogP contribution is 2.22. The molecule has 1 fully saturated rings. The number of hydrogen-bond donors (Lipinski definition) is 1. The smallest absolute Gasteiger partial charge is 0.275 e. The van der Waals surface area contributed by atoms with Crippen molar-refractivity contribution >= 4 is 16.8 Å². The highest BCUT2D eigenvalue weighted by Gasteiger charge is 2.26. The summed E-state index contributed by atoms with van der Waals surface area (Å²) in [5.41, 5.74) is 3.34. The second-order valence-electron chi connectivity index (χ2n) is 7.93.